The number of aliphatic hydroxyl groups excluding tert-OH is 1. The molecule has 3 N–H and O–H groups in total. The Labute approximate surface area is 229 Å². The number of rotatable bonds is 8. The maximum Gasteiger partial charge on any atom is 0.283 e. The molecule has 40 heavy (non-hydrogen) atoms. The first-order valence-corrected chi connectivity index (χ1v) is 12.7. The van der Waals surface area contributed by atoms with E-state index in [1.54, 1.807) is 28.8 Å². The van der Waals surface area contributed by atoms with Crippen LogP contribution >= 0.6 is 0 Å². The summed E-state index contributed by atoms with van der Waals surface area (Å²) in [6.45, 7) is 7.55. The Hall–Kier alpha value is -5.12. The number of piperazine rings is 1. The van der Waals surface area contributed by atoms with E-state index in [0.717, 1.165) is 31.9 Å². The van der Waals surface area contributed by atoms with E-state index in [4.69, 9.17) is 5.11 Å². The molecule has 1 amide bonds. The molecule has 1 fully saturated rings. The number of fused-ring (bicyclic) bond motifs is 1. The molecule has 1 aliphatic rings. The van der Waals surface area contributed by atoms with Crippen LogP contribution in [0.15, 0.2) is 72.4 Å². The molecule has 1 saturated heterocycles. The molecule has 12 heteroatoms. The molecule has 202 valence electrons. The Kier molecular flexibility index (Phi) is 7.77. The van der Waals surface area contributed by atoms with Crippen LogP contribution in [0.2, 0.25) is 0 Å². The lowest BCUT2D eigenvalue weighted by Gasteiger charge is -2.36. The lowest BCUT2D eigenvalue weighted by molar-refractivity contribution is -0.111. The number of β-amino-alcohol motifs (C(OH)–C–C–N with tert-alkyl or cyclic N) is 1. The van der Waals surface area contributed by atoms with E-state index in [-0.39, 0.29) is 23.8 Å². The number of nitrogens with zero attached hydrogens (tertiary/aromatic N) is 7. The van der Waals surface area contributed by atoms with E-state index in [0.29, 0.717) is 34.8 Å². The van der Waals surface area contributed by atoms with E-state index in [2.05, 4.69) is 48.0 Å². The first-order chi connectivity index (χ1) is 19.5. The standard InChI is InChI=1S/C28H27N9O3/c1-2-25(39)32-20-4-3-5-22(15-20)37-18-31-27(40)23-17-30-28(34-26(23)37)33-24-7-6-21(14-19(24)16-29)36-10-8-35(9-11-36)12-13-38/h2-7,14-15,17-18,38H,1,8-13H2,(H,32,39)(H,30,33,34). The van der Waals surface area contributed by atoms with E-state index >= 15 is 0 Å². The second kappa shape index (κ2) is 11.7. The summed E-state index contributed by atoms with van der Waals surface area (Å²) in [6.07, 6.45) is 3.94. The highest BCUT2D eigenvalue weighted by molar-refractivity contribution is 5.99. The molecule has 0 spiro atoms. The molecule has 0 bridgehead atoms. The van der Waals surface area contributed by atoms with Gasteiger partial charge in [-0.15, -0.1) is 0 Å². The summed E-state index contributed by atoms with van der Waals surface area (Å²) >= 11 is 0. The summed E-state index contributed by atoms with van der Waals surface area (Å²) in [5.41, 5.74) is 2.88. The van der Waals surface area contributed by atoms with E-state index in [9.17, 15) is 14.9 Å². The van der Waals surface area contributed by atoms with Crippen LogP contribution in [0.3, 0.4) is 0 Å². The maximum atomic E-state index is 12.5. The average Bonchev–Trinajstić information content (AvgIpc) is 2.98. The number of carbonyl (C=O) groups excluding carboxylic acids is 1. The molecule has 2 aromatic heterocycles. The Morgan fingerprint density at radius 3 is 2.70 bits per heavy atom. The molecule has 2 aromatic carbocycles. The van der Waals surface area contributed by atoms with Gasteiger partial charge in [-0.3, -0.25) is 19.1 Å². The minimum Gasteiger partial charge on any atom is -0.395 e. The fraction of sp³-hybridized carbons (Fsp3) is 0.214. The van der Waals surface area contributed by atoms with Gasteiger partial charge in [-0.05, 0) is 42.5 Å². The molecule has 0 saturated carbocycles. The van der Waals surface area contributed by atoms with Crippen LogP contribution in [0.25, 0.3) is 16.7 Å². The Morgan fingerprint density at radius 2 is 1.95 bits per heavy atom. The second-order valence-electron chi connectivity index (χ2n) is 9.11. The highest BCUT2D eigenvalue weighted by atomic mass is 16.3. The average molecular weight is 538 g/mol. The Bertz CT molecular complexity index is 1670. The van der Waals surface area contributed by atoms with Gasteiger partial charge in [-0.25, -0.2) is 4.98 Å². The van der Waals surface area contributed by atoms with Crippen LogP contribution < -0.4 is 21.1 Å². The van der Waals surface area contributed by atoms with Crippen LogP contribution in [-0.2, 0) is 4.79 Å². The van der Waals surface area contributed by atoms with Gasteiger partial charge >= 0.3 is 0 Å². The van der Waals surface area contributed by atoms with Crippen LogP contribution in [0.1, 0.15) is 5.56 Å². The van der Waals surface area contributed by atoms with Crippen LogP contribution in [-0.4, -0.2) is 74.8 Å². The van der Waals surface area contributed by atoms with Gasteiger partial charge < -0.3 is 20.6 Å². The summed E-state index contributed by atoms with van der Waals surface area (Å²) in [7, 11) is 0. The van der Waals surface area contributed by atoms with Crippen molar-refractivity contribution in [2.45, 2.75) is 0 Å². The smallest absolute Gasteiger partial charge is 0.283 e. The number of aliphatic hydroxyl groups is 1. The summed E-state index contributed by atoms with van der Waals surface area (Å²) in [5, 5.41) is 25.1. The van der Waals surface area contributed by atoms with Crippen molar-refractivity contribution in [3.63, 3.8) is 0 Å². The molecule has 4 aromatic rings. The summed E-state index contributed by atoms with van der Waals surface area (Å²) in [4.78, 5) is 41.4. The lowest BCUT2D eigenvalue weighted by Crippen LogP contribution is -2.47. The summed E-state index contributed by atoms with van der Waals surface area (Å²) in [5.74, 6) is -0.151. The molecule has 3 heterocycles. The number of nitrogens with one attached hydrogen (secondary N) is 2. The number of carbonyl (C=O) groups is 1. The maximum absolute atomic E-state index is 12.5. The third-order valence-electron chi connectivity index (χ3n) is 6.62. The van der Waals surface area contributed by atoms with Crippen LogP contribution in [0.4, 0.5) is 23.0 Å². The van der Waals surface area contributed by atoms with Gasteiger partial charge in [0.1, 0.15) is 17.8 Å². The predicted molar refractivity (Wildman–Crippen MR) is 152 cm³/mol. The predicted octanol–water partition coefficient (Wildman–Crippen LogP) is 2.03. The van der Waals surface area contributed by atoms with Crippen molar-refractivity contribution < 1.29 is 9.90 Å². The molecule has 5 rings (SSSR count). The van der Waals surface area contributed by atoms with Gasteiger partial charge in [0.15, 0.2) is 5.65 Å². The zero-order valence-corrected chi connectivity index (χ0v) is 21.6. The van der Waals surface area contributed by atoms with Crippen molar-refractivity contribution in [3.05, 3.63) is 83.6 Å². The van der Waals surface area contributed by atoms with Gasteiger partial charge in [-0.2, -0.15) is 15.2 Å². The van der Waals surface area contributed by atoms with Gasteiger partial charge in [0, 0.05) is 50.3 Å². The number of hydrogen-bond donors (Lipinski definition) is 3. The second-order valence-corrected chi connectivity index (χ2v) is 9.11. The van der Waals surface area contributed by atoms with E-state index in [1.165, 1.54) is 18.6 Å². The number of amides is 1. The van der Waals surface area contributed by atoms with Crippen molar-refractivity contribution in [2.75, 3.05) is 54.9 Å². The van der Waals surface area contributed by atoms with Crippen molar-refractivity contribution >= 4 is 40.0 Å². The molecule has 1 aliphatic heterocycles. The molecular formula is C28H27N9O3. The first-order valence-electron chi connectivity index (χ1n) is 12.7. The quantitative estimate of drug-likeness (QED) is 0.285. The number of anilines is 4. The minimum absolute atomic E-state index is 0.142. The number of nitriles is 1. The molecular weight excluding hydrogens is 510 g/mol. The summed E-state index contributed by atoms with van der Waals surface area (Å²) < 4.78 is 1.62. The molecule has 0 radical (unpaired) electrons. The monoisotopic (exact) mass is 537 g/mol. The van der Waals surface area contributed by atoms with Crippen molar-refractivity contribution in [1.82, 2.24) is 24.4 Å². The molecule has 0 aliphatic carbocycles. The molecule has 0 unspecified atom stereocenters. The van der Waals surface area contributed by atoms with Crippen molar-refractivity contribution in [3.8, 4) is 11.8 Å². The molecule has 12 nitrogen and oxygen atoms in total. The van der Waals surface area contributed by atoms with E-state index in [1.807, 2.05) is 18.2 Å². The zero-order chi connectivity index (χ0) is 28.1. The highest BCUT2D eigenvalue weighted by Crippen LogP contribution is 2.26. The fourth-order valence-electron chi connectivity index (χ4n) is 4.54. The third kappa shape index (κ3) is 5.65. The number of benzene rings is 2. The number of aromatic nitrogens is 4. The van der Waals surface area contributed by atoms with Crippen LogP contribution in [0.5, 0.6) is 0 Å². The van der Waals surface area contributed by atoms with Gasteiger partial charge in [0.05, 0.1) is 23.5 Å². The molecule has 0 atom stereocenters. The number of hydrogen-bond acceptors (Lipinski definition) is 10. The Morgan fingerprint density at radius 1 is 1.12 bits per heavy atom. The minimum atomic E-state index is -0.477. The van der Waals surface area contributed by atoms with Crippen molar-refractivity contribution in [1.29, 1.82) is 5.26 Å². The SMILES string of the molecule is C=CC(=O)Nc1cccc(-n2cnc(=O)c3cnc(Nc4ccc(N5CCN(CCO)CC5)cc4C#N)nc32)c1. The fourth-order valence-corrected chi connectivity index (χ4v) is 4.54. The van der Waals surface area contributed by atoms with E-state index < -0.39 is 5.56 Å². The topological polar surface area (TPSA) is 152 Å². The Balaban J connectivity index is 1.44. The van der Waals surface area contributed by atoms with Gasteiger partial charge in [0.2, 0.25) is 11.9 Å². The van der Waals surface area contributed by atoms with Gasteiger partial charge in [-0.1, -0.05) is 12.6 Å². The van der Waals surface area contributed by atoms with Gasteiger partial charge in [0.25, 0.3) is 5.56 Å². The third-order valence-corrected chi connectivity index (χ3v) is 6.62. The largest absolute Gasteiger partial charge is 0.395 e. The normalized spacial score (nSPS) is 13.6. The summed E-state index contributed by atoms with van der Waals surface area (Å²) in [6, 6.07) is 14.8. The van der Waals surface area contributed by atoms with Crippen molar-refractivity contribution in [2.24, 2.45) is 0 Å². The first kappa shape index (κ1) is 26.5. The lowest BCUT2D eigenvalue weighted by atomic mass is 10.1. The zero-order valence-electron chi connectivity index (χ0n) is 21.6. The highest BCUT2D eigenvalue weighted by Gasteiger charge is 2.18. The van der Waals surface area contributed by atoms with Crippen LogP contribution in [0, 0.1) is 11.3 Å².